The Morgan fingerprint density at radius 3 is 2.05 bits per heavy atom. The van der Waals surface area contributed by atoms with E-state index in [1.165, 1.54) is 0 Å². The average molecular weight is 300 g/mol. The van der Waals surface area contributed by atoms with Crippen molar-refractivity contribution in [3.63, 3.8) is 0 Å². The van der Waals surface area contributed by atoms with Gasteiger partial charge in [-0.05, 0) is 39.9 Å². The number of amidine groups is 1. The lowest BCUT2D eigenvalue weighted by Crippen LogP contribution is -2.50. The zero-order valence-corrected chi connectivity index (χ0v) is 14.2. The molecule has 0 radical (unpaired) electrons. The van der Waals surface area contributed by atoms with E-state index < -0.39 is 5.41 Å². The SMILES string of the molecule is CCCC(CCC)(C(=O)N(C)CCCN(C)C)C(N)=NO. The summed E-state index contributed by atoms with van der Waals surface area (Å²) in [6, 6.07) is 0. The van der Waals surface area contributed by atoms with Gasteiger partial charge in [0.15, 0.2) is 5.84 Å². The second-order valence-corrected chi connectivity index (χ2v) is 5.95. The molecular formula is C15H32N4O2. The van der Waals surface area contributed by atoms with Crippen LogP contribution in [0.15, 0.2) is 5.16 Å². The molecule has 1 amide bonds. The van der Waals surface area contributed by atoms with E-state index in [1.807, 2.05) is 27.9 Å². The Balaban J connectivity index is 5.08. The minimum absolute atomic E-state index is 0.0376. The first-order chi connectivity index (χ1) is 9.85. The molecule has 0 aromatic rings. The maximum Gasteiger partial charge on any atom is 0.236 e. The summed E-state index contributed by atoms with van der Waals surface area (Å²) in [5.41, 5.74) is 5.01. The molecule has 0 aromatic heterocycles. The van der Waals surface area contributed by atoms with Gasteiger partial charge in [0.2, 0.25) is 5.91 Å². The van der Waals surface area contributed by atoms with Gasteiger partial charge < -0.3 is 20.7 Å². The number of carbonyl (C=O) groups is 1. The number of nitrogens with two attached hydrogens (primary N) is 1. The first-order valence-corrected chi connectivity index (χ1v) is 7.74. The molecule has 3 N–H and O–H groups in total. The molecule has 0 saturated carbocycles. The molecule has 6 heteroatoms. The van der Waals surface area contributed by atoms with Gasteiger partial charge in [-0.2, -0.15) is 0 Å². The minimum Gasteiger partial charge on any atom is -0.409 e. The van der Waals surface area contributed by atoms with Gasteiger partial charge in [-0.1, -0.05) is 31.8 Å². The van der Waals surface area contributed by atoms with Crippen molar-refractivity contribution in [1.82, 2.24) is 9.80 Å². The highest BCUT2D eigenvalue weighted by Gasteiger charge is 2.43. The van der Waals surface area contributed by atoms with Crippen LogP contribution in [0, 0.1) is 5.41 Å². The summed E-state index contributed by atoms with van der Waals surface area (Å²) < 4.78 is 0. The maximum absolute atomic E-state index is 12.9. The standard InChI is InChI=1S/C15H32N4O2/c1-6-9-15(10-7-2,13(16)17-21)14(20)19(5)12-8-11-18(3)4/h21H,6-12H2,1-5H3,(H2,16,17). The van der Waals surface area contributed by atoms with E-state index in [4.69, 9.17) is 10.9 Å². The van der Waals surface area contributed by atoms with E-state index >= 15 is 0 Å². The molecule has 0 bridgehead atoms. The van der Waals surface area contributed by atoms with Crippen LogP contribution in [0.4, 0.5) is 0 Å². The van der Waals surface area contributed by atoms with Gasteiger partial charge in [-0.15, -0.1) is 0 Å². The number of nitrogens with zero attached hydrogens (tertiary/aromatic N) is 3. The molecule has 0 heterocycles. The highest BCUT2D eigenvalue weighted by atomic mass is 16.4. The van der Waals surface area contributed by atoms with Crippen LogP contribution in [0.2, 0.25) is 0 Å². The van der Waals surface area contributed by atoms with E-state index in [1.54, 1.807) is 11.9 Å². The monoisotopic (exact) mass is 300 g/mol. The van der Waals surface area contributed by atoms with Gasteiger partial charge in [-0.25, -0.2) is 0 Å². The lowest BCUT2D eigenvalue weighted by Gasteiger charge is -2.34. The van der Waals surface area contributed by atoms with Crippen molar-refractivity contribution < 1.29 is 10.0 Å². The van der Waals surface area contributed by atoms with Gasteiger partial charge >= 0.3 is 0 Å². The largest absolute Gasteiger partial charge is 0.409 e. The summed E-state index contributed by atoms with van der Waals surface area (Å²) in [5, 5.41) is 12.2. The molecule has 0 aliphatic heterocycles. The maximum atomic E-state index is 12.9. The van der Waals surface area contributed by atoms with Crippen molar-refractivity contribution in [2.24, 2.45) is 16.3 Å². The Kier molecular flexibility index (Phi) is 9.01. The molecule has 21 heavy (non-hydrogen) atoms. The van der Waals surface area contributed by atoms with Crippen molar-refractivity contribution in [1.29, 1.82) is 0 Å². The van der Waals surface area contributed by atoms with Gasteiger partial charge in [0.1, 0.15) is 5.41 Å². The van der Waals surface area contributed by atoms with E-state index in [2.05, 4.69) is 10.1 Å². The van der Waals surface area contributed by atoms with Crippen LogP contribution >= 0.6 is 0 Å². The first-order valence-electron chi connectivity index (χ1n) is 7.74. The fraction of sp³-hybridized carbons (Fsp3) is 0.867. The molecule has 0 atom stereocenters. The van der Waals surface area contributed by atoms with Crippen LogP contribution in [-0.2, 0) is 4.79 Å². The third-order valence-electron chi connectivity index (χ3n) is 3.81. The first kappa shape index (κ1) is 19.7. The van der Waals surface area contributed by atoms with Crippen molar-refractivity contribution in [2.75, 3.05) is 34.2 Å². The molecule has 0 rings (SSSR count). The van der Waals surface area contributed by atoms with Crippen LogP contribution in [-0.4, -0.2) is 61.0 Å². The fourth-order valence-electron chi connectivity index (χ4n) is 2.74. The second kappa shape index (κ2) is 9.60. The van der Waals surface area contributed by atoms with Crippen LogP contribution in [0.5, 0.6) is 0 Å². The Bertz CT molecular complexity index is 337. The van der Waals surface area contributed by atoms with Gasteiger partial charge in [0.25, 0.3) is 0 Å². The number of hydrogen-bond donors (Lipinski definition) is 2. The number of rotatable bonds is 10. The predicted octanol–water partition coefficient (Wildman–Crippen LogP) is 1.73. The summed E-state index contributed by atoms with van der Waals surface area (Å²) in [7, 11) is 5.82. The van der Waals surface area contributed by atoms with Gasteiger partial charge in [-0.3, -0.25) is 4.79 Å². The molecule has 6 nitrogen and oxygen atoms in total. The van der Waals surface area contributed by atoms with Gasteiger partial charge in [0, 0.05) is 13.6 Å². The minimum atomic E-state index is -0.870. The molecule has 124 valence electrons. The lowest BCUT2D eigenvalue weighted by atomic mass is 9.76. The van der Waals surface area contributed by atoms with Crippen molar-refractivity contribution in [3.8, 4) is 0 Å². The summed E-state index contributed by atoms with van der Waals surface area (Å²) in [4.78, 5) is 16.7. The third-order valence-corrected chi connectivity index (χ3v) is 3.81. The predicted molar refractivity (Wildman–Crippen MR) is 86.5 cm³/mol. The third kappa shape index (κ3) is 5.53. The number of amides is 1. The van der Waals surface area contributed by atoms with Crippen LogP contribution < -0.4 is 5.73 Å². The Morgan fingerprint density at radius 1 is 1.14 bits per heavy atom. The lowest BCUT2D eigenvalue weighted by molar-refractivity contribution is -0.138. The summed E-state index contributed by atoms with van der Waals surface area (Å²) in [6.45, 7) is 5.61. The quantitative estimate of drug-likeness (QED) is 0.279. The molecule has 0 spiro atoms. The topological polar surface area (TPSA) is 82.2 Å². The highest BCUT2D eigenvalue weighted by molar-refractivity contribution is 6.06. The number of oxime groups is 1. The van der Waals surface area contributed by atoms with Crippen molar-refractivity contribution in [2.45, 2.75) is 46.0 Å². The summed E-state index contributed by atoms with van der Waals surface area (Å²) in [6.07, 6.45) is 3.74. The van der Waals surface area contributed by atoms with Crippen LogP contribution in [0.1, 0.15) is 46.0 Å². The molecular weight excluding hydrogens is 268 g/mol. The van der Waals surface area contributed by atoms with Crippen molar-refractivity contribution >= 4 is 11.7 Å². The summed E-state index contributed by atoms with van der Waals surface area (Å²) >= 11 is 0. The molecule has 0 unspecified atom stereocenters. The zero-order chi connectivity index (χ0) is 16.5. The van der Waals surface area contributed by atoms with Gasteiger partial charge in [0.05, 0.1) is 0 Å². The number of hydrogen-bond acceptors (Lipinski definition) is 4. The zero-order valence-electron chi connectivity index (χ0n) is 14.2. The fourth-order valence-corrected chi connectivity index (χ4v) is 2.74. The van der Waals surface area contributed by atoms with E-state index in [0.29, 0.717) is 19.4 Å². The van der Waals surface area contributed by atoms with E-state index in [0.717, 1.165) is 25.8 Å². The second-order valence-electron chi connectivity index (χ2n) is 5.95. The van der Waals surface area contributed by atoms with E-state index in [9.17, 15) is 4.79 Å². The van der Waals surface area contributed by atoms with Crippen LogP contribution in [0.25, 0.3) is 0 Å². The Labute approximate surface area is 129 Å². The Morgan fingerprint density at radius 2 is 1.67 bits per heavy atom. The van der Waals surface area contributed by atoms with Crippen LogP contribution in [0.3, 0.4) is 0 Å². The molecule has 0 aliphatic rings. The molecule has 0 fully saturated rings. The summed E-state index contributed by atoms with van der Waals surface area (Å²) in [5.74, 6) is -0.00378. The van der Waals surface area contributed by atoms with E-state index in [-0.39, 0.29) is 11.7 Å². The Hall–Kier alpha value is -1.30. The molecule has 0 saturated heterocycles. The molecule has 0 aromatic carbocycles. The van der Waals surface area contributed by atoms with Crippen molar-refractivity contribution in [3.05, 3.63) is 0 Å². The average Bonchev–Trinajstić information content (AvgIpc) is 2.44. The normalized spacial score (nSPS) is 12.8. The molecule has 0 aliphatic carbocycles. The highest BCUT2D eigenvalue weighted by Crippen LogP contribution is 2.32. The number of carbonyl (C=O) groups excluding carboxylic acids is 1. The smallest absolute Gasteiger partial charge is 0.236 e.